The molecule has 1 aliphatic heterocycles. The Labute approximate surface area is 161 Å². The third-order valence-electron chi connectivity index (χ3n) is 4.82. The number of thiazole rings is 1. The van der Waals surface area contributed by atoms with E-state index in [0.29, 0.717) is 0 Å². The van der Waals surface area contributed by atoms with Crippen molar-refractivity contribution in [1.29, 1.82) is 0 Å². The minimum atomic E-state index is 0.962. The van der Waals surface area contributed by atoms with Crippen molar-refractivity contribution in [1.82, 2.24) is 14.8 Å². The highest BCUT2D eigenvalue weighted by Crippen LogP contribution is 2.25. The molecule has 2 aliphatic rings. The molecule has 0 amide bonds. The summed E-state index contributed by atoms with van der Waals surface area (Å²) in [5.41, 5.74) is 3.79. The first-order valence-electron chi connectivity index (χ1n) is 9.49. The first-order chi connectivity index (χ1) is 12.8. The maximum Gasteiger partial charge on any atom is 0.123 e. The smallest absolute Gasteiger partial charge is 0.123 e. The Morgan fingerprint density at radius 3 is 2.73 bits per heavy atom. The first-order valence-corrected chi connectivity index (χ1v) is 10.4. The zero-order chi connectivity index (χ0) is 18.2. The summed E-state index contributed by atoms with van der Waals surface area (Å²) in [7, 11) is 0. The number of hydrogen-bond donors (Lipinski definition) is 0. The number of piperazine rings is 1. The van der Waals surface area contributed by atoms with Crippen LogP contribution in [0.3, 0.4) is 0 Å². The number of rotatable bonds is 7. The van der Waals surface area contributed by atoms with Crippen LogP contribution in [-0.2, 0) is 6.54 Å². The summed E-state index contributed by atoms with van der Waals surface area (Å²) in [5.74, 6) is 0. The highest BCUT2D eigenvalue weighted by atomic mass is 32.1. The fraction of sp³-hybridized carbons (Fsp3) is 0.409. The van der Waals surface area contributed by atoms with Crippen LogP contribution in [0, 0.1) is 0 Å². The van der Waals surface area contributed by atoms with Gasteiger partial charge in [0.05, 0.1) is 5.69 Å². The number of aromatic nitrogens is 1. The van der Waals surface area contributed by atoms with Crippen molar-refractivity contribution in [3.8, 4) is 0 Å². The second-order valence-electron chi connectivity index (χ2n) is 6.81. The van der Waals surface area contributed by atoms with Gasteiger partial charge in [0.2, 0.25) is 0 Å². The molecular formula is C22H29N3S. The van der Waals surface area contributed by atoms with Crippen LogP contribution in [0.1, 0.15) is 30.5 Å². The van der Waals surface area contributed by atoms with Gasteiger partial charge in [-0.3, -0.25) is 9.80 Å². The van der Waals surface area contributed by atoms with Gasteiger partial charge < -0.3 is 0 Å². The molecule has 0 aromatic carbocycles. The molecule has 0 radical (unpaired) electrons. The molecule has 0 saturated carbocycles. The number of allylic oxidation sites excluding steroid dienone is 7. The topological polar surface area (TPSA) is 19.4 Å². The Balaban J connectivity index is 1.48. The van der Waals surface area contributed by atoms with Gasteiger partial charge in [-0.1, -0.05) is 49.1 Å². The van der Waals surface area contributed by atoms with E-state index in [-0.39, 0.29) is 0 Å². The summed E-state index contributed by atoms with van der Waals surface area (Å²) in [5, 5.41) is 3.39. The van der Waals surface area contributed by atoms with Crippen LogP contribution in [0.5, 0.6) is 0 Å². The lowest BCUT2D eigenvalue weighted by atomic mass is 10.1. The molecule has 0 bridgehead atoms. The van der Waals surface area contributed by atoms with Gasteiger partial charge in [0, 0.05) is 50.2 Å². The lowest BCUT2D eigenvalue weighted by molar-refractivity contribution is 0.134. The number of nitrogens with zero attached hydrogens (tertiary/aromatic N) is 3. The Bertz CT molecular complexity index is 716. The normalized spacial score (nSPS) is 19.9. The van der Waals surface area contributed by atoms with Gasteiger partial charge >= 0.3 is 0 Å². The number of hydrogen-bond acceptors (Lipinski definition) is 4. The summed E-state index contributed by atoms with van der Waals surface area (Å²) in [4.78, 5) is 9.89. The third-order valence-corrected chi connectivity index (χ3v) is 5.76. The first kappa shape index (κ1) is 19.0. The molecule has 1 aromatic heterocycles. The zero-order valence-corrected chi connectivity index (χ0v) is 16.5. The molecule has 1 saturated heterocycles. The van der Waals surface area contributed by atoms with Crippen LogP contribution in [0.4, 0.5) is 0 Å². The standard InChI is InChI=1S/C22H29N3S/c1-3-5-9-19(4-2)16-24-12-14-25(15-13-24)17-21-18-26-22(23-21)20-10-7-6-8-11-20/h3-5,7,9-11,18H,2,6,8,12-17H2,1H3/b5-3-,19-9+. The van der Waals surface area contributed by atoms with E-state index in [1.165, 1.54) is 21.8 Å². The second kappa shape index (κ2) is 9.81. The fourth-order valence-electron chi connectivity index (χ4n) is 3.28. The van der Waals surface area contributed by atoms with Crippen molar-refractivity contribution in [3.63, 3.8) is 0 Å². The predicted molar refractivity (Wildman–Crippen MR) is 113 cm³/mol. The molecule has 0 spiro atoms. The van der Waals surface area contributed by atoms with Crippen LogP contribution >= 0.6 is 11.3 Å². The van der Waals surface area contributed by atoms with Crippen LogP contribution in [0.15, 0.2) is 60.1 Å². The molecule has 26 heavy (non-hydrogen) atoms. The van der Waals surface area contributed by atoms with Crippen molar-refractivity contribution < 1.29 is 0 Å². The van der Waals surface area contributed by atoms with Crippen molar-refractivity contribution in [3.05, 3.63) is 70.8 Å². The molecule has 4 heteroatoms. The van der Waals surface area contributed by atoms with Gasteiger partial charge in [0.1, 0.15) is 5.01 Å². The maximum atomic E-state index is 4.86. The Kier molecular flexibility index (Phi) is 7.18. The predicted octanol–water partition coefficient (Wildman–Crippen LogP) is 4.68. The van der Waals surface area contributed by atoms with Crippen LogP contribution in [0.25, 0.3) is 5.57 Å². The average Bonchev–Trinajstić information content (AvgIpc) is 3.15. The Morgan fingerprint density at radius 1 is 1.23 bits per heavy atom. The minimum Gasteiger partial charge on any atom is -0.297 e. The van der Waals surface area contributed by atoms with E-state index in [2.05, 4.69) is 58.2 Å². The maximum absolute atomic E-state index is 4.86. The lowest BCUT2D eigenvalue weighted by Gasteiger charge is -2.34. The molecule has 3 nitrogen and oxygen atoms in total. The largest absolute Gasteiger partial charge is 0.297 e. The molecular weight excluding hydrogens is 338 g/mol. The summed E-state index contributed by atoms with van der Waals surface area (Å²) in [6, 6.07) is 0. The van der Waals surface area contributed by atoms with Crippen molar-refractivity contribution in [2.24, 2.45) is 0 Å². The van der Waals surface area contributed by atoms with Crippen LogP contribution < -0.4 is 0 Å². The van der Waals surface area contributed by atoms with E-state index < -0.39 is 0 Å². The van der Waals surface area contributed by atoms with E-state index >= 15 is 0 Å². The monoisotopic (exact) mass is 367 g/mol. The summed E-state index contributed by atoms with van der Waals surface area (Å²) in [6.45, 7) is 12.3. The van der Waals surface area contributed by atoms with Crippen molar-refractivity contribution in [2.75, 3.05) is 32.7 Å². The second-order valence-corrected chi connectivity index (χ2v) is 7.67. The van der Waals surface area contributed by atoms with Gasteiger partial charge in [0.25, 0.3) is 0 Å². The summed E-state index contributed by atoms with van der Waals surface area (Å²) < 4.78 is 0. The molecule has 0 atom stereocenters. The summed E-state index contributed by atoms with van der Waals surface area (Å²) in [6.07, 6.45) is 17.3. The van der Waals surface area contributed by atoms with E-state index in [9.17, 15) is 0 Å². The van der Waals surface area contributed by atoms with E-state index in [1.54, 1.807) is 11.3 Å². The molecule has 1 aromatic rings. The van der Waals surface area contributed by atoms with Crippen molar-refractivity contribution in [2.45, 2.75) is 26.3 Å². The molecule has 3 rings (SSSR count). The Morgan fingerprint density at radius 2 is 2.04 bits per heavy atom. The Hall–Kier alpha value is -1.75. The third kappa shape index (κ3) is 5.37. The van der Waals surface area contributed by atoms with Gasteiger partial charge in [-0.15, -0.1) is 11.3 Å². The van der Waals surface area contributed by atoms with Crippen LogP contribution in [-0.4, -0.2) is 47.5 Å². The van der Waals surface area contributed by atoms with Crippen molar-refractivity contribution >= 4 is 16.9 Å². The quantitative estimate of drug-likeness (QED) is 0.652. The van der Waals surface area contributed by atoms with Crippen LogP contribution in [0.2, 0.25) is 0 Å². The van der Waals surface area contributed by atoms with Gasteiger partial charge in [-0.2, -0.15) is 0 Å². The molecule has 1 aliphatic carbocycles. The zero-order valence-electron chi connectivity index (χ0n) is 15.7. The summed E-state index contributed by atoms with van der Waals surface area (Å²) >= 11 is 1.77. The SMILES string of the molecule is C=C/C(=C\C=C/C)CN1CCN(Cc2csc(C3=CCCC=C3)n2)CC1. The highest BCUT2D eigenvalue weighted by Gasteiger charge is 2.18. The van der Waals surface area contributed by atoms with Gasteiger partial charge in [-0.05, 0) is 25.3 Å². The highest BCUT2D eigenvalue weighted by molar-refractivity contribution is 7.10. The molecule has 1 fully saturated rings. The van der Waals surface area contributed by atoms with Gasteiger partial charge in [-0.25, -0.2) is 4.98 Å². The molecule has 2 heterocycles. The molecule has 0 unspecified atom stereocenters. The fourth-order valence-corrected chi connectivity index (χ4v) is 4.11. The average molecular weight is 368 g/mol. The lowest BCUT2D eigenvalue weighted by Crippen LogP contribution is -2.46. The minimum absolute atomic E-state index is 0.962. The van der Waals surface area contributed by atoms with E-state index in [0.717, 1.165) is 52.1 Å². The molecule has 0 N–H and O–H groups in total. The van der Waals surface area contributed by atoms with Gasteiger partial charge in [0.15, 0.2) is 0 Å². The van der Waals surface area contributed by atoms with E-state index in [1.807, 2.05) is 13.0 Å². The van der Waals surface area contributed by atoms with E-state index in [4.69, 9.17) is 4.98 Å². The molecule has 138 valence electrons.